The van der Waals surface area contributed by atoms with E-state index in [-0.39, 0.29) is 18.1 Å². The summed E-state index contributed by atoms with van der Waals surface area (Å²) in [5.74, 6) is 1.21. The van der Waals surface area contributed by atoms with Gasteiger partial charge < -0.3 is 24.8 Å². The summed E-state index contributed by atoms with van der Waals surface area (Å²) in [6.45, 7) is 3.64. The normalized spacial score (nSPS) is 18.5. The lowest BCUT2D eigenvalue weighted by molar-refractivity contribution is -0.116. The molecule has 1 aromatic rings. The van der Waals surface area contributed by atoms with Crippen molar-refractivity contribution in [1.82, 2.24) is 5.32 Å². The van der Waals surface area contributed by atoms with E-state index in [2.05, 4.69) is 10.6 Å². The molecule has 0 spiro atoms. The Bertz CT molecular complexity index is 515. The molecule has 2 atom stereocenters. The van der Waals surface area contributed by atoms with Crippen LogP contribution in [-0.4, -0.2) is 45.4 Å². The first-order chi connectivity index (χ1) is 11.1. The molecule has 1 aliphatic heterocycles. The summed E-state index contributed by atoms with van der Waals surface area (Å²) >= 11 is 0. The van der Waals surface area contributed by atoms with Crippen LogP contribution in [-0.2, 0) is 9.53 Å². The number of rotatable bonds is 8. The van der Waals surface area contributed by atoms with Gasteiger partial charge in [0.15, 0.2) is 0 Å². The van der Waals surface area contributed by atoms with Crippen molar-refractivity contribution in [2.45, 2.75) is 38.3 Å². The first kappa shape index (κ1) is 17.6. The highest BCUT2D eigenvalue weighted by molar-refractivity contribution is 5.92. The Morgan fingerprint density at radius 2 is 2.22 bits per heavy atom. The number of carbonyl (C=O) groups excluding carboxylic acids is 1. The van der Waals surface area contributed by atoms with Crippen LogP contribution in [0.25, 0.3) is 0 Å². The summed E-state index contributed by atoms with van der Waals surface area (Å²) in [4.78, 5) is 12.2. The fourth-order valence-corrected chi connectivity index (χ4v) is 2.59. The van der Waals surface area contributed by atoms with Crippen LogP contribution in [0.1, 0.15) is 26.2 Å². The molecule has 128 valence electrons. The SMILES string of the molecule is COc1ccc(NC(=O)CC(C)NCC2CCCO2)c(OC)c1. The molecule has 6 heteroatoms. The van der Waals surface area contributed by atoms with Gasteiger partial charge in [-0.1, -0.05) is 0 Å². The van der Waals surface area contributed by atoms with Crippen molar-refractivity contribution in [3.63, 3.8) is 0 Å². The van der Waals surface area contributed by atoms with Crippen molar-refractivity contribution in [3.05, 3.63) is 18.2 Å². The van der Waals surface area contributed by atoms with E-state index in [1.807, 2.05) is 6.92 Å². The molecule has 0 saturated carbocycles. The first-order valence-electron chi connectivity index (χ1n) is 7.99. The maximum atomic E-state index is 12.2. The minimum Gasteiger partial charge on any atom is -0.497 e. The minimum atomic E-state index is -0.0548. The molecular weight excluding hydrogens is 296 g/mol. The molecule has 6 nitrogen and oxygen atoms in total. The van der Waals surface area contributed by atoms with E-state index in [9.17, 15) is 4.79 Å². The van der Waals surface area contributed by atoms with E-state index in [1.165, 1.54) is 0 Å². The van der Waals surface area contributed by atoms with Gasteiger partial charge in [0.25, 0.3) is 0 Å². The standard InChI is InChI=1S/C17H26N2O4/c1-12(18-11-14-5-4-8-23-14)9-17(20)19-15-7-6-13(21-2)10-16(15)22-3/h6-7,10,12,14,18H,4-5,8-9,11H2,1-3H3,(H,19,20). The van der Waals surface area contributed by atoms with E-state index >= 15 is 0 Å². The van der Waals surface area contributed by atoms with Gasteiger partial charge in [-0.2, -0.15) is 0 Å². The summed E-state index contributed by atoms with van der Waals surface area (Å²) in [5, 5.41) is 6.23. The molecule has 1 heterocycles. The Labute approximate surface area is 137 Å². The molecule has 1 aliphatic rings. The zero-order chi connectivity index (χ0) is 16.7. The predicted molar refractivity (Wildman–Crippen MR) is 89.2 cm³/mol. The highest BCUT2D eigenvalue weighted by Crippen LogP contribution is 2.29. The van der Waals surface area contributed by atoms with E-state index in [1.54, 1.807) is 32.4 Å². The molecule has 1 fully saturated rings. The molecule has 0 bridgehead atoms. The Morgan fingerprint density at radius 1 is 1.39 bits per heavy atom. The molecule has 0 aromatic heterocycles. The minimum absolute atomic E-state index is 0.0548. The van der Waals surface area contributed by atoms with Crippen LogP contribution in [0, 0.1) is 0 Å². The van der Waals surface area contributed by atoms with E-state index < -0.39 is 0 Å². The second-order valence-corrected chi connectivity index (χ2v) is 5.76. The number of benzene rings is 1. The van der Waals surface area contributed by atoms with Gasteiger partial charge >= 0.3 is 0 Å². The van der Waals surface area contributed by atoms with Gasteiger partial charge in [-0.05, 0) is 31.9 Å². The number of carbonyl (C=O) groups is 1. The van der Waals surface area contributed by atoms with Crippen LogP contribution < -0.4 is 20.1 Å². The van der Waals surface area contributed by atoms with Crippen molar-refractivity contribution < 1.29 is 19.0 Å². The first-order valence-corrected chi connectivity index (χ1v) is 7.99. The average molecular weight is 322 g/mol. The van der Waals surface area contributed by atoms with Crippen LogP contribution in [0.4, 0.5) is 5.69 Å². The third-order valence-corrected chi connectivity index (χ3v) is 3.89. The Balaban J connectivity index is 1.81. The lowest BCUT2D eigenvalue weighted by atomic mass is 10.2. The maximum absolute atomic E-state index is 12.2. The van der Waals surface area contributed by atoms with Gasteiger partial charge in [0.2, 0.25) is 5.91 Å². The molecule has 1 aromatic carbocycles. The topological polar surface area (TPSA) is 68.8 Å². The van der Waals surface area contributed by atoms with Crippen LogP contribution in [0.2, 0.25) is 0 Å². The van der Waals surface area contributed by atoms with Gasteiger partial charge in [0.1, 0.15) is 11.5 Å². The van der Waals surface area contributed by atoms with Gasteiger partial charge in [0, 0.05) is 31.7 Å². The van der Waals surface area contributed by atoms with Crippen molar-refractivity contribution >= 4 is 11.6 Å². The monoisotopic (exact) mass is 322 g/mol. The molecule has 2 unspecified atom stereocenters. The average Bonchev–Trinajstić information content (AvgIpc) is 3.06. The Kier molecular flexibility index (Phi) is 6.67. The molecule has 2 N–H and O–H groups in total. The molecule has 0 radical (unpaired) electrons. The summed E-state index contributed by atoms with van der Waals surface area (Å²) in [6.07, 6.45) is 2.89. The van der Waals surface area contributed by atoms with Gasteiger partial charge in [0.05, 0.1) is 26.0 Å². The van der Waals surface area contributed by atoms with Crippen LogP contribution in [0.5, 0.6) is 11.5 Å². The summed E-state index contributed by atoms with van der Waals surface area (Å²) in [7, 11) is 3.16. The van der Waals surface area contributed by atoms with Crippen molar-refractivity contribution in [2.75, 3.05) is 32.7 Å². The highest BCUT2D eigenvalue weighted by atomic mass is 16.5. The number of anilines is 1. The lowest BCUT2D eigenvalue weighted by Gasteiger charge is -2.17. The number of nitrogens with one attached hydrogen (secondary N) is 2. The second-order valence-electron chi connectivity index (χ2n) is 5.76. The van der Waals surface area contributed by atoms with Gasteiger partial charge in [-0.25, -0.2) is 0 Å². The second kappa shape index (κ2) is 8.74. The van der Waals surface area contributed by atoms with Crippen molar-refractivity contribution in [2.24, 2.45) is 0 Å². The van der Waals surface area contributed by atoms with Crippen molar-refractivity contribution in [3.8, 4) is 11.5 Å². The fraction of sp³-hybridized carbons (Fsp3) is 0.588. The Hall–Kier alpha value is -1.79. The molecule has 0 aliphatic carbocycles. The van der Waals surface area contributed by atoms with Crippen LogP contribution in [0.3, 0.4) is 0 Å². The summed E-state index contributed by atoms with van der Waals surface area (Å²) < 4.78 is 16.0. The zero-order valence-corrected chi connectivity index (χ0v) is 14.1. The third kappa shape index (κ3) is 5.41. The number of ether oxygens (including phenoxy) is 3. The quantitative estimate of drug-likeness (QED) is 0.768. The molecule has 1 saturated heterocycles. The lowest BCUT2D eigenvalue weighted by Crippen LogP contribution is -2.36. The van der Waals surface area contributed by atoms with Crippen LogP contribution >= 0.6 is 0 Å². The zero-order valence-electron chi connectivity index (χ0n) is 14.1. The summed E-state index contributed by atoms with van der Waals surface area (Å²) in [6, 6.07) is 5.40. The Morgan fingerprint density at radius 3 is 2.87 bits per heavy atom. The fourth-order valence-electron chi connectivity index (χ4n) is 2.59. The highest BCUT2D eigenvalue weighted by Gasteiger charge is 2.17. The van der Waals surface area contributed by atoms with Gasteiger partial charge in [-0.15, -0.1) is 0 Å². The number of hydrogen-bond acceptors (Lipinski definition) is 5. The van der Waals surface area contributed by atoms with Gasteiger partial charge in [-0.3, -0.25) is 4.79 Å². The van der Waals surface area contributed by atoms with E-state index in [0.717, 1.165) is 26.0 Å². The number of hydrogen-bond donors (Lipinski definition) is 2. The predicted octanol–water partition coefficient (Wildman–Crippen LogP) is 2.19. The van der Waals surface area contributed by atoms with E-state index in [0.29, 0.717) is 23.6 Å². The maximum Gasteiger partial charge on any atom is 0.226 e. The van der Waals surface area contributed by atoms with E-state index in [4.69, 9.17) is 14.2 Å². The largest absolute Gasteiger partial charge is 0.497 e. The third-order valence-electron chi connectivity index (χ3n) is 3.89. The molecule has 1 amide bonds. The molecule has 23 heavy (non-hydrogen) atoms. The number of methoxy groups -OCH3 is 2. The van der Waals surface area contributed by atoms with Crippen molar-refractivity contribution in [1.29, 1.82) is 0 Å². The smallest absolute Gasteiger partial charge is 0.226 e. The molecule has 2 rings (SSSR count). The number of amides is 1. The molecular formula is C17H26N2O4. The summed E-state index contributed by atoms with van der Waals surface area (Å²) in [5.41, 5.74) is 0.643. The van der Waals surface area contributed by atoms with Crippen LogP contribution in [0.15, 0.2) is 18.2 Å².